The Labute approximate surface area is 141 Å². The average molecular weight is 345 g/mol. The molecule has 2 aromatic rings. The summed E-state index contributed by atoms with van der Waals surface area (Å²) in [7, 11) is -2.90. The average Bonchev–Trinajstić information content (AvgIpc) is 2.95. The van der Waals surface area contributed by atoms with Gasteiger partial charge in [-0.2, -0.15) is 0 Å². The Bertz CT molecular complexity index is 839. The zero-order chi connectivity index (χ0) is 16.8. The van der Waals surface area contributed by atoms with Crippen LogP contribution in [0.5, 0.6) is 11.5 Å². The Morgan fingerprint density at radius 2 is 1.88 bits per heavy atom. The summed E-state index contributed by atoms with van der Waals surface area (Å²) in [4.78, 5) is 10.9. The minimum Gasteiger partial charge on any atom is -0.454 e. The predicted octanol–water partition coefficient (Wildman–Crippen LogP) is 2.14. The van der Waals surface area contributed by atoms with Crippen molar-refractivity contribution in [1.82, 2.24) is 9.97 Å². The van der Waals surface area contributed by atoms with Crippen molar-refractivity contribution in [1.29, 1.82) is 0 Å². The molecule has 2 aliphatic heterocycles. The van der Waals surface area contributed by atoms with Crippen LogP contribution in [0.25, 0.3) is 0 Å². The van der Waals surface area contributed by atoms with Gasteiger partial charge in [0.25, 0.3) is 0 Å². The van der Waals surface area contributed by atoms with Crippen LogP contribution in [0.1, 0.15) is 6.92 Å². The zero-order valence-corrected chi connectivity index (χ0v) is 14.2. The van der Waals surface area contributed by atoms with Crippen LogP contribution < -0.4 is 9.64 Å². The van der Waals surface area contributed by atoms with Gasteiger partial charge in [0.1, 0.15) is 5.75 Å². The first-order valence-corrected chi connectivity index (χ1v) is 9.76. The summed E-state index contributed by atoms with van der Waals surface area (Å²) >= 11 is 0. The minimum absolute atomic E-state index is 0.159. The first-order chi connectivity index (χ1) is 11.4. The van der Waals surface area contributed by atoms with Crippen molar-refractivity contribution >= 4 is 15.8 Å². The standard InChI is InChI=1S/C17H19N3O3S/c1-17-11-20(9-13(17)10-24(21,22)12-17)16-18-7-15(8-19-16)23-14-5-3-2-4-6-14/h2-8,13H,9-12H2,1H3/t13-,17+/m0/s1. The second-order valence-corrected chi connectivity index (χ2v) is 9.03. The molecule has 7 heteroatoms. The van der Waals surface area contributed by atoms with Crippen molar-refractivity contribution in [3.05, 3.63) is 42.7 Å². The normalized spacial score (nSPS) is 27.9. The maximum absolute atomic E-state index is 11.8. The highest BCUT2D eigenvalue weighted by Gasteiger charge is 2.52. The SMILES string of the molecule is C[C@]12CN(c3ncc(Oc4ccccc4)cn3)C[C@H]1CS(=O)(=O)C2. The van der Waals surface area contributed by atoms with E-state index in [0.717, 1.165) is 5.75 Å². The molecule has 0 amide bonds. The van der Waals surface area contributed by atoms with Gasteiger partial charge < -0.3 is 9.64 Å². The largest absolute Gasteiger partial charge is 0.454 e. The highest BCUT2D eigenvalue weighted by molar-refractivity contribution is 7.91. The smallest absolute Gasteiger partial charge is 0.225 e. The van der Waals surface area contributed by atoms with Crippen LogP contribution in [0.4, 0.5) is 5.95 Å². The van der Waals surface area contributed by atoms with E-state index >= 15 is 0 Å². The fraction of sp³-hybridized carbons (Fsp3) is 0.412. The molecule has 2 saturated heterocycles. The molecule has 1 aromatic heterocycles. The Balaban J connectivity index is 1.47. The molecule has 0 spiro atoms. The van der Waals surface area contributed by atoms with E-state index in [4.69, 9.17) is 4.74 Å². The number of ether oxygens (including phenoxy) is 1. The molecular weight excluding hydrogens is 326 g/mol. The first-order valence-electron chi connectivity index (χ1n) is 7.94. The molecule has 0 unspecified atom stereocenters. The Morgan fingerprint density at radius 3 is 2.54 bits per heavy atom. The quantitative estimate of drug-likeness (QED) is 0.849. The molecule has 0 saturated carbocycles. The van der Waals surface area contributed by atoms with Gasteiger partial charge in [0, 0.05) is 18.5 Å². The van der Waals surface area contributed by atoms with Gasteiger partial charge >= 0.3 is 0 Å². The number of nitrogens with zero attached hydrogens (tertiary/aromatic N) is 3. The Morgan fingerprint density at radius 1 is 1.17 bits per heavy atom. The van der Waals surface area contributed by atoms with Crippen LogP contribution in [0.15, 0.2) is 42.7 Å². The van der Waals surface area contributed by atoms with Crippen LogP contribution >= 0.6 is 0 Å². The van der Waals surface area contributed by atoms with E-state index in [1.165, 1.54) is 0 Å². The molecule has 0 radical (unpaired) electrons. The fourth-order valence-electron chi connectivity index (χ4n) is 3.70. The molecule has 0 bridgehead atoms. The highest BCUT2D eigenvalue weighted by Crippen LogP contribution is 2.44. The summed E-state index contributed by atoms with van der Waals surface area (Å²) in [6.45, 7) is 3.42. The third-order valence-corrected chi connectivity index (χ3v) is 6.87. The monoisotopic (exact) mass is 345 g/mol. The summed E-state index contributed by atoms with van der Waals surface area (Å²) < 4.78 is 29.4. The number of hydrogen-bond acceptors (Lipinski definition) is 6. The van der Waals surface area contributed by atoms with Gasteiger partial charge in [-0.05, 0) is 18.1 Å². The van der Waals surface area contributed by atoms with Crippen LogP contribution in [0.3, 0.4) is 0 Å². The molecule has 126 valence electrons. The van der Waals surface area contributed by atoms with Crippen LogP contribution in [0.2, 0.25) is 0 Å². The van der Waals surface area contributed by atoms with Gasteiger partial charge in [-0.1, -0.05) is 25.1 Å². The predicted molar refractivity (Wildman–Crippen MR) is 91.0 cm³/mol. The number of para-hydroxylation sites is 1. The van der Waals surface area contributed by atoms with Crippen molar-refractivity contribution in [2.75, 3.05) is 29.5 Å². The molecule has 2 atom stereocenters. The molecule has 1 aromatic carbocycles. The van der Waals surface area contributed by atoms with Crippen LogP contribution in [-0.2, 0) is 9.84 Å². The van der Waals surface area contributed by atoms with Gasteiger partial charge in [-0.25, -0.2) is 18.4 Å². The second-order valence-electron chi connectivity index (χ2n) is 6.92. The molecule has 3 heterocycles. The number of anilines is 1. The van der Waals surface area contributed by atoms with E-state index in [0.29, 0.717) is 24.8 Å². The van der Waals surface area contributed by atoms with E-state index in [2.05, 4.69) is 21.8 Å². The molecule has 4 rings (SSSR count). The van der Waals surface area contributed by atoms with E-state index in [9.17, 15) is 8.42 Å². The lowest BCUT2D eigenvalue weighted by molar-refractivity contribution is 0.342. The molecule has 0 N–H and O–H groups in total. The van der Waals surface area contributed by atoms with E-state index < -0.39 is 9.84 Å². The van der Waals surface area contributed by atoms with Crippen molar-refractivity contribution in [2.45, 2.75) is 6.92 Å². The highest BCUT2D eigenvalue weighted by atomic mass is 32.2. The van der Waals surface area contributed by atoms with Crippen LogP contribution in [0, 0.1) is 11.3 Å². The van der Waals surface area contributed by atoms with Gasteiger partial charge in [0.2, 0.25) is 5.95 Å². The first kappa shape index (κ1) is 15.4. The van der Waals surface area contributed by atoms with Crippen molar-refractivity contribution in [3.8, 4) is 11.5 Å². The van der Waals surface area contributed by atoms with Gasteiger partial charge in [0.05, 0.1) is 23.9 Å². The Hall–Kier alpha value is -2.15. The fourth-order valence-corrected chi connectivity index (χ4v) is 6.27. The third kappa shape index (κ3) is 2.84. The number of rotatable bonds is 3. The van der Waals surface area contributed by atoms with Crippen molar-refractivity contribution in [3.63, 3.8) is 0 Å². The summed E-state index contributed by atoms with van der Waals surface area (Å²) in [6, 6.07) is 9.48. The molecule has 0 aliphatic carbocycles. The zero-order valence-electron chi connectivity index (χ0n) is 13.4. The number of hydrogen-bond donors (Lipinski definition) is 0. The summed E-state index contributed by atoms with van der Waals surface area (Å²) in [5.41, 5.74) is -0.193. The lowest BCUT2D eigenvalue weighted by Gasteiger charge is -2.21. The van der Waals surface area contributed by atoms with Crippen molar-refractivity contribution in [2.24, 2.45) is 11.3 Å². The molecule has 2 fully saturated rings. The molecule has 24 heavy (non-hydrogen) atoms. The summed E-state index contributed by atoms with van der Waals surface area (Å²) in [6.07, 6.45) is 3.31. The summed E-state index contributed by atoms with van der Waals surface area (Å²) in [5.74, 6) is 2.64. The maximum Gasteiger partial charge on any atom is 0.225 e. The van der Waals surface area contributed by atoms with E-state index in [-0.39, 0.29) is 22.8 Å². The number of aromatic nitrogens is 2. The lowest BCUT2D eigenvalue weighted by atomic mass is 9.84. The number of fused-ring (bicyclic) bond motifs is 1. The summed E-state index contributed by atoms with van der Waals surface area (Å²) in [5, 5.41) is 0. The lowest BCUT2D eigenvalue weighted by Crippen LogP contribution is -2.29. The van der Waals surface area contributed by atoms with E-state index in [1.807, 2.05) is 30.3 Å². The van der Waals surface area contributed by atoms with E-state index in [1.54, 1.807) is 12.4 Å². The van der Waals surface area contributed by atoms with Gasteiger partial charge in [-0.3, -0.25) is 0 Å². The van der Waals surface area contributed by atoms with Gasteiger partial charge in [0.15, 0.2) is 15.6 Å². The van der Waals surface area contributed by atoms with Gasteiger partial charge in [-0.15, -0.1) is 0 Å². The molecule has 2 aliphatic rings. The minimum atomic E-state index is -2.90. The second kappa shape index (κ2) is 5.44. The Kier molecular flexibility index (Phi) is 3.49. The number of benzene rings is 1. The van der Waals surface area contributed by atoms with Crippen LogP contribution in [-0.4, -0.2) is 43.0 Å². The topological polar surface area (TPSA) is 72.4 Å². The third-order valence-electron chi connectivity index (χ3n) is 4.86. The molecular formula is C17H19N3O3S. The maximum atomic E-state index is 11.8. The number of sulfone groups is 1. The molecule has 6 nitrogen and oxygen atoms in total. The van der Waals surface area contributed by atoms with Crippen molar-refractivity contribution < 1.29 is 13.2 Å².